The molecule has 2 rings (SSSR count). The number of hydrogen-bond donors (Lipinski definition) is 2. The predicted molar refractivity (Wildman–Crippen MR) is 71.9 cm³/mol. The molecule has 2 heterocycles. The molecular weight excluding hydrogens is 244 g/mol. The molecule has 1 fully saturated rings. The van der Waals surface area contributed by atoms with E-state index in [1.807, 2.05) is 25.6 Å². The van der Waals surface area contributed by atoms with E-state index in [-0.39, 0.29) is 12.1 Å². The van der Waals surface area contributed by atoms with Gasteiger partial charge in [-0.2, -0.15) is 5.10 Å². The highest BCUT2D eigenvalue weighted by atomic mass is 16.5. The Morgan fingerprint density at radius 2 is 2.26 bits per heavy atom. The Bertz CT molecular complexity index is 450. The van der Waals surface area contributed by atoms with Gasteiger partial charge in [0.05, 0.1) is 11.8 Å². The molecular formula is C13H22N4O2. The maximum absolute atomic E-state index is 11.7. The van der Waals surface area contributed by atoms with Crippen molar-refractivity contribution < 1.29 is 9.53 Å². The molecule has 6 heteroatoms. The summed E-state index contributed by atoms with van der Waals surface area (Å²) >= 11 is 0. The molecule has 1 aromatic heterocycles. The first kappa shape index (κ1) is 13.9. The number of amides is 2. The molecule has 0 aliphatic carbocycles. The molecule has 1 aliphatic heterocycles. The molecule has 106 valence electrons. The topological polar surface area (TPSA) is 68.2 Å². The smallest absolute Gasteiger partial charge is 0.315 e. The van der Waals surface area contributed by atoms with Crippen LogP contribution in [0.4, 0.5) is 4.79 Å². The number of rotatable bonds is 4. The lowest BCUT2D eigenvalue weighted by Crippen LogP contribution is -2.39. The third-order valence-corrected chi connectivity index (χ3v) is 3.60. The monoisotopic (exact) mass is 266 g/mol. The number of ether oxygens (including phenoxy) is 1. The zero-order chi connectivity index (χ0) is 13.8. The quantitative estimate of drug-likeness (QED) is 0.855. The SMILES string of the molecule is Cc1nn(C)c(C)c1CNC(=O)NCC1CCCO1. The number of carbonyl (C=O) groups excluding carboxylic acids is 1. The van der Waals surface area contributed by atoms with Gasteiger partial charge < -0.3 is 15.4 Å². The van der Waals surface area contributed by atoms with E-state index in [2.05, 4.69) is 15.7 Å². The van der Waals surface area contributed by atoms with Gasteiger partial charge in [0.15, 0.2) is 0 Å². The Hall–Kier alpha value is -1.56. The van der Waals surface area contributed by atoms with Gasteiger partial charge in [-0.05, 0) is 26.7 Å². The molecule has 1 aromatic rings. The highest BCUT2D eigenvalue weighted by molar-refractivity contribution is 5.73. The van der Waals surface area contributed by atoms with Crippen molar-refractivity contribution in [3.63, 3.8) is 0 Å². The maximum atomic E-state index is 11.7. The second-order valence-electron chi connectivity index (χ2n) is 4.97. The van der Waals surface area contributed by atoms with Crippen LogP contribution in [0, 0.1) is 13.8 Å². The zero-order valence-corrected chi connectivity index (χ0v) is 11.8. The van der Waals surface area contributed by atoms with Gasteiger partial charge in [0.25, 0.3) is 0 Å². The Balaban J connectivity index is 1.76. The number of carbonyl (C=O) groups is 1. The Kier molecular flexibility index (Phi) is 4.42. The van der Waals surface area contributed by atoms with E-state index in [0.717, 1.165) is 36.4 Å². The lowest BCUT2D eigenvalue weighted by Gasteiger charge is -2.11. The molecule has 1 aliphatic rings. The second-order valence-corrected chi connectivity index (χ2v) is 4.97. The Morgan fingerprint density at radius 1 is 1.47 bits per heavy atom. The van der Waals surface area contributed by atoms with Gasteiger partial charge in [-0.3, -0.25) is 4.68 Å². The van der Waals surface area contributed by atoms with Gasteiger partial charge in [0.2, 0.25) is 0 Å². The van der Waals surface area contributed by atoms with Crippen molar-refractivity contribution in [3.05, 3.63) is 17.0 Å². The van der Waals surface area contributed by atoms with Crippen molar-refractivity contribution in [1.82, 2.24) is 20.4 Å². The maximum Gasteiger partial charge on any atom is 0.315 e. The fraction of sp³-hybridized carbons (Fsp3) is 0.692. The molecule has 0 bridgehead atoms. The Labute approximate surface area is 113 Å². The minimum absolute atomic E-state index is 0.154. The van der Waals surface area contributed by atoms with Crippen molar-refractivity contribution in [2.24, 2.45) is 7.05 Å². The van der Waals surface area contributed by atoms with Crippen LogP contribution >= 0.6 is 0 Å². The van der Waals surface area contributed by atoms with Gasteiger partial charge in [0.1, 0.15) is 0 Å². The van der Waals surface area contributed by atoms with Crippen LogP contribution in [0.1, 0.15) is 29.8 Å². The normalized spacial score (nSPS) is 18.6. The first-order chi connectivity index (χ1) is 9.08. The van der Waals surface area contributed by atoms with E-state index in [4.69, 9.17) is 4.74 Å². The fourth-order valence-electron chi connectivity index (χ4n) is 2.32. The van der Waals surface area contributed by atoms with Crippen molar-refractivity contribution in [3.8, 4) is 0 Å². The van der Waals surface area contributed by atoms with E-state index >= 15 is 0 Å². The average Bonchev–Trinajstić information content (AvgIpc) is 2.96. The third-order valence-electron chi connectivity index (χ3n) is 3.60. The number of nitrogens with one attached hydrogen (secondary N) is 2. The zero-order valence-electron chi connectivity index (χ0n) is 11.8. The lowest BCUT2D eigenvalue weighted by molar-refractivity contribution is 0.111. The third kappa shape index (κ3) is 3.47. The van der Waals surface area contributed by atoms with E-state index in [1.165, 1.54) is 0 Å². The van der Waals surface area contributed by atoms with E-state index < -0.39 is 0 Å². The van der Waals surface area contributed by atoms with Crippen LogP contribution in [0.2, 0.25) is 0 Å². The van der Waals surface area contributed by atoms with Crippen LogP contribution in [-0.4, -0.2) is 35.1 Å². The number of hydrogen-bond acceptors (Lipinski definition) is 3. The van der Waals surface area contributed by atoms with Crippen LogP contribution in [0.5, 0.6) is 0 Å². The molecule has 1 saturated heterocycles. The fourth-order valence-corrected chi connectivity index (χ4v) is 2.32. The number of nitrogens with zero attached hydrogens (tertiary/aromatic N) is 2. The van der Waals surface area contributed by atoms with Crippen LogP contribution in [0.25, 0.3) is 0 Å². The second kappa shape index (κ2) is 6.06. The summed E-state index contributed by atoms with van der Waals surface area (Å²) < 4.78 is 7.28. The summed E-state index contributed by atoms with van der Waals surface area (Å²) in [6.07, 6.45) is 2.29. The standard InChI is InChI=1S/C13H22N4O2/c1-9-12(10(2)17(3)16-9)8-15-13(18)14-7-11-5-4-6-19-11/h11H,4-8H2,1-3H3,(H2,14,15,18). The molecule has 2 N–H and O–H groups in total. The van der Waals surface area contributed by atoms with E-state index in [0.29, 0.717) is 13.1 Å². The number of urea groups is 1. The first-order valence-electron chi connectivity index (χ1n) is 6.70. The summed E-state index contributed by atoms with van der Waals surface area (Å²) in [6.45, 7) is 5.84. The average molecular weight is 266 g/mol. The predicted octanol–water partition coefficient (Wildman–Crippen LogP) is 1.02. The van der Waals surface area contributed by atoms with Gasteiger partial charge >= 0.3 is 6.03 Å². The molecule has 1 unspecified atom stereocenters. The van der Waals surface area contributed by atoms with Crippen LogP contribution in [0.3, 0.4) is 0 Å². The minimum atomic E-state index is -0.154. The van der Waals surface area contributed by atoms with Crippen molar-refractivity contribution in [2.45, 2.75) is 39.3 Å². The summed E-state index contributed by atoms with van der Waals surface area (Å²) in [5.41, 5.74) is 3.12. The molecule has 1 atom stereocenters. The number of aromatic nitrogens is 2. The minimum Gasteiger partial charge on any atom is -0.376 e. The molecule has 2 amide bonds. The molecule has 0 spiro atoms. The van der Waals surface area contributed by atoms with E-state index in [9.17, 15) is 4.79 Å². The molecule has 0 saturated carbocycles. The van der Waals surface area contributed by atoms with Gasteiger partial charge in [-0.1, -0.05) is 0 Å². The van der Waals surface area contributed by atoms with Crippen molar-refractivity contribution >= 4 is 6.03 Å². The molecule has 6 nitrogen and oxygen atoms in total. The largest absolute Gasteiger partial charge is 0.376 e. The first-order valence-corrected chi connectivity index (χ1v) is 6.70. The van der Waals surface area contributed by atoms with E-state index in [1.54, 1.807) is 0 Å². The van der Waals surface area contributed by atoms with Crippen molar-refractivity contribution in [1.29, 1.82) is 0 Å². The van der Waals surface area contributed by atoms with Crippen LogP contribution in [0.15, 0.2) is 0 Å². The number of aryl methyl sites for hydroxylation is 2. The van der Waals surface area contributed by atoms with Crippen molar-refractivity contribution in [2.75, 3.05) is 13.2 Å². The molecule has 0 aromatic carbocycles. The summed E-state index contributed by atoms with van der Waals surface area (Å²) in [6, 6.07) is -0.154. The van der Waals surface area contributed by atoms with Gasteiger partial charge in [0, 0.05) is 38.0 Å². The van der Waals surface area contributed by atoms with Crippen LogP contribution in [-0.2, 0) is 18.3 Å². The summed E-state index contributed by atoms with van der Waals surface area (Å²) in [5, 5.41) is 10.0. The highest BCUT2D eigenvalue weighted by Crippen LogP contribution is 2.11. The molecule has 19 heavy (non-hydrogen) atoms. The lowest BCUT2D eigenvalue weighted by atomic mass is 10.2. The highest BCUT2D eigenvalue weighted by Gasteiger charge is 2.16. The summed E-state index contributed by atoms with van der Waals surface area (Å²) in [7, 11) is 1.91. The summed E-state index contributed by atoms with van der Waals surface area (Å²) in [5.74, 6) is 0. The Morgan fingerprint density at radius 3 is 2.84 bits per heavy atom. The van der Waals surface area contributed by atoms with Crippen LogP contribution < -0.4 is 10.6 Å². The van der Waals surface area contributed by atoms with Gasteiger partial charge in [-0.25, -0.2) is 4.79 Å². The molecule has 0 radical (unpaired) electrons. The van der Waals surface area contributed by atoms with Gasteiger partial charge in [-0.15, -0.1) is 0 Å². The summed E-state index contributed by atoms with van der Waals surface area (Å²) in [4.78, 5) is 11.7.